The van der Waals surface area contributed by atoms with Gasteiger partial charge in [0.1, 0.15) is 12.2 Å². The van der Waals surface area contributed by atoms with E-state index < -0.39 is 35.3 Å². The van der Waals surface area contributed by atoms with Gasteiger partial charge in [-0.1, -0.05) is 123 Å². The Morgan fingerprint density at radius 3 is 1.38 bits per heavy atom. The van der Waals surface area contributed by atoms with Gasteiger partial charge in [-0.05, 0) is 23.3 Å². The fourth-order valence-corrected chi connectivity index (χ4v) is 4.31. The molecule has 0 aliphatic heterocycles. The maximum Gasteiger partial charge on any atom is 0.380 e. The quantitative estimate of drug-likeness (QED) is 0.146. The second kappa shape index (κ2) is 11.5. The molecule has 0 heterocycles. The SMILES string of the molecule is CC(C)(C(OC(=O)C(=O)c1ccccc1)c1ccccc1)C(OC(=O)c1ccccc1)c1ccccc1. The number of ketones is 1. The molecule has 0 aliphatic carbocycles. The number of ether oxygens (including phenoxy) is 2. The van der Waals surface area contributed by atoms with E-state index in [2.05, 4.69) is 0 Å². The van der Waals surface area contributed by atoms with E-state index in [1.165, 1.54) is 0 Å². The Kier molecular flexibility index (Phi) is 7.94. The Hall–Kier alpha value is -4.51. The Morgan fingerprint density at radius 1 is 0.541 bits per heavy atom. The molecule has 4 aromatic rings. The van der Waals surface area contributed by atoms with E-state index in [-0.39, 0.29) is 5.56 Å². The summed E-state index contributed by atoms with van der Waals surface area (Å²) in [7, 11) is 0. The monoisotopic (exact) mass is 492 g/mol. The lowest BCUT2D eigenvalue weighted by atomic mass is 9.75. The zero-order valence-corrected chi connectivity index (χ0v) is 20.7. The third-order valence-corrected chi connectivity index (χ3v) is 6.24. The molecule has 4 aromatic carbocycles. The van der Waals surface area contributed by atoms with Gasteiger partial charge in [-0.25, -0.2) is 9.59 Å². The number of esters is 2. The summed E-state index contributed by atoms with van der Waals surface area (Å²) in [5, 5.41) is 0. The van der Waals surface area contributed by atoms with Crippen LogP contribution >= 0.6 is 0 Å². The van der Waals surface area contributed by atoms with Crippen LogP contribution in [0.1, 0.15) is 57.9 Å². The molecule has 0 saturated carbocycles. The molecule has 0 radical (unpaired) electrons. The lowest BCUT2D eigenvalue weighted by molar-refractivity contribution is -0.156. The Morgan fingerprint density at radius 2 is 0.919 bits per heavy atom. The summed E-state index contributed by atoms with van der Waals surface area (Å²) in [6.07, 6.45) is -1.70. The smallest absolute Gasteiger partial charge is 0.380 e. The lowest BCUT2D eigenvalue weighted by Gasteiger charge is -2.40. The van der Waals surface area contributed by atoms with Crippen LogP contribution in [-0.4, -0.2) is 17.7 Å². The van der Waals surface area contributed by atoms with Crippen LogP contribution in [0.25, 0.3) is 0 Å². The van der Waals surface area contributed by atoms with E-state index in [1.807, 2.05) is 80.6 Å². The van der Waals surface area contributed by atoms with Crippen molar-refractivity contribution in [1.82, 2.24) is 0 Å². The Labute approximate surface area is 216 Å². The normalized spacial score (nSPS) is 12.7. The van der Waals surface area contributed by atoms with Gasteiger partial charge in [0, 0.05) is 11.0 Å². The standard InChI is InChI=1S/C32H28O5/c1-32(2,28(24-17-9-4-10-18-24)36-30(34)26-21-13-6-14-22-26)29(25-19-11-5-12-20-25)37-31(35)27(33)23-15-7-3-8-16-23/h3-22,28-29H,1-2H3. The number of hydrogen-bond donors (Lipinski definition) is 0. The molecule has 0 fully saturated rings. The molecule has 0 aliphatic rings. The van der Waals surface area contributed by atoms with Crippen molar-refractivity contribution in [3.05, 3.63) is 144 Å². The average Bonchev–Trinajstić information content (AvgIpc) is 2.95. The van der Waals surface area contributed by atoms with Crippen LogP contribution in [-0.2, 0) is 14.3 Å². The Bertz CT molecular complexity index is 1330. The molecular formula is C32H28O5. The first-order valence-electron chi connectivity index (χ1n) is 12.0. The molecule has 2 unspecified atom stereocenters. The number of rotatable bonds is 9. The van der Waals surface area contributed by atoms with Crippen molar-refractivity contribution in [3.8, 4) is 0 Å². The summed E-state index contributed by atoms with van der Waals surface area (Å²) in [6.45, 7) is 3.72. The zero-order valence-electron chi connectivity index (χ0n) is 20.7. The van der Waals surface area contributed by atoms with Crippen LogP contribution in [0.15, 0.2) is 121 Å². The molecule has 0 N–H and O–H groups in total. The molecular weight excluding hydrogens is 464 g/mol. The summed E-state index contributed by atoms with van der Waals surface area (Å²) in [5.41, 5.74) is 1.10. The number of carbonyl (C=O) groups is 3. The van der Waals surface area contributed by atoms with Gasteiger partial charge in [-0.3, -0.25) is 4.79 Å². The van der Waals surface area contributed by atoms with Gasteiger partial charge in [0.25, 0.3) is 5.78 Å². The summed E-state index contributed by atoms with van der Waals surface area (Å²) in [6, 6.07) is 35.5. The minimum absolute atomic E-state index is 0.243. The van der Waals surface area contributed by atoms with Crippen molar-refractivity contribution < 1.29 is 23.9 Å². The largest absolute Gasteiger partial charge is 0.453 e. The summed E-state index contributed by atoms with van der Waals surface area (Å²) >= 11 is 0. The average molecular weight is 493 g/mol. The second-order valence-corrected chi connectivity index (χ2v) is 9.27. The van der Waals surface area contributed by atoms with E-state index in [1.54, 1.807) is 54.6 Å². The first kappa shape index (κ1) is 25.6. The Balaban J connectivity index is 1.73. The molecule has 2 atom stereocenters. The lowest BCUT2D eigenvalue weighted by Crippen LogP contribution is -2.36. The van der Waals surface area contributed by atoms with Gasteiger partial charge in [-0.2, -0.15) is 0 Å². The molecule has 0 bridgehead atoms. The fraction of sp³-hybridized carbons (Fsp3) is 0.156. The van der Waals surface area contributed by atoms with Crippen molar-refractivity contribution in [1.29, 1.82) is 0 Å². The maximum absolute atomic E-state index is 13.2. The highest BCUT2D eigenvalue weighted by molar-refractivity contribution is 6.40. The molecule has 0 spiro atoms. The molecule has 0 aromatic heterocycles. The van der Waals surface area contributed by atoms with Crippen molar-refractivity contribution in [2.24, 2.45) is 5.41 Å². The van der Waals surface area contributed by atoms with Crippen LogP contribution in [0.2, 0.25) is 0 Å². The molecule has 37 heavy (non-hydrogen) atoms. The van der Waals surface area contributed by atoms with E-state index in [4.69, 9.17) is 9.47 Å². The van der Waals surface area contributed by atoms with E-state index in [0.717, 1.165) is 5.56 Å². The molecule has 0 saturated heterocycles. The van der Waals surface area contributed by atoms with Gasteiger partial charge in [0.15, 0.2) is 0 Å². The number of Topliss-reactive ketones (excluding diaryl/α,β-unsaturated/α-hetero) is 1. The zero-order chi connectivity index (χ0) is 26.3. The van der Waals surface area contributed by atoms with Crippen LogP contribution in [0, 0.1) is 5.41 Å². The highest BCUT2D eigenvalue weighted by Gasteiger charge is 2.45. The van der Waals surface area contributed by atoms with Crippen molar-refractivity contribution >= 4 is 17.7 Å². The summed E-state index contributed by atoms with van der Waals surface area (Å²) in [4.78, 5) is 39.1. The van der Waals surface area contributed by atoms with E-state index in [0.29, 0.717) is 11.1 Å². The number of hydrogen-bond acceptors (Lipinski definition) is 5. The fourth-order valence-electron chi connectivity index (χ4n) is 4.31. The van der Waals surface area contributed by atoms with Crippen molar-refractivity contribution in [2.75, 3.05) is 0 Å². The molecule has 5 nitrogen and oxygen atoms in total. The molecule has 4 rings (SSSR count). The highest BCUT2D eigenvalue weighted by atomic mass is 16.6. The van der Waals surface area contributed by atoms with E-state index >= 15 is 0 Å². The van der Waals surface area contributed by atoms with Crippen molar-refractivity contribution in [2.45, 2.75) is 26.1 Å². The number of carbonyl (C=O) groups excluding carboxylic acids is 3. The van der Waals surface area contributed by atoms with Crippen molar-refractivity contribution in [3.63, 3.8) is 0 Å². The van der Waals surface area contributed by atoms with Crippen LogP contribution < -0.4 is 0 Å². The van der Waals surface area contributed by atoms with Crippen LogP contribution in [0.5, 0.6) is 0 Å². The topological polar surface area (TPSA) is 69.7 Å². The van der Waals surface area contributed by atoms with Crippen LogP contribution in [0.4, 0.5) is 0 Å². The minimum Gasteiger partial charge on any atom is -0.453 e. The number of benzene rings is 4. The predicted octanol–water partition coefficient (Wildman–Crippen LogP) is 6.78. The third-order valence-electron chi connectivity index (χ3n) is 6.24. The second-order valence-electron chi connectivity index (χ2n) is 9.27. The molecule has 186 valence electrons. The van der Waals surface area contributed by atoms with Gasteiger partial charge < -0.3 is 9.47 Å². The van der Waals surface area contributed by atoms with Gasteiger partial charge in [-0.15, -0.1) is 0 Å². The molecule has 0 amide bonds. The van der Waals surface area contributed by atoms with Gasteiger partial charge in [0.2, 0.25) is 0 Å². The maximum atomic E-state index is 13.2. The summed E-state index contributed by atoms with van der Waals surface area (Å²) < 4.78 is 12.0. The highest BCUT2D eigenvalue weighted by Crippen LogP contribution is 2.48. The van der Waals surface area contributed by atoms with Gasteiger partial charge in [0.05, 0.1) is 5.56 Å². The first-order chi connectivity index (χ1) is 17.9. The summed E-state index contributed by atoms with van der Waals surface area (Å²) in [5.74, 6) is -2.22. The first-order valence-corrected chi connectivity index (χ1v) is 12.0. The van der Waals surface area contributed by atoms with E-state index in [9.17, 15) is 14.4 Å². The molecule has 5 heteroatoms. The van der Waals surface area contributed by atoms with Gasteiger partial charge >= 0.3 is 11.9 Å². The predicted molar refractivity (Wildman–Crippen MR) is 141 cm³/mol. The third kappa shape index (κ3) is 6.01. The van der Waals surface area contributed by atoms with Crippen LogP contribution in [0.3, 0.4) is 0 Å². The minimum atomic E-state index is -0.977.